The maximum absolute atomic E-state index is 14.1. The van der Waals surface area contributed by atoms with Crippen molar-refractivity contribution in [1.82, 2.24) is 24.6 Å². The monoisotopic (exact) mass is 692 g/mol. The molecule has 14 nitrogen and oxygen atoms in total. The van der Waals surface area contributed by atoms with Crippen molar-refractivity contribution >= 4 is 42.1 Å². The van der Waals surface area contributed by atoms with Crippen molar-refractivity contribution < 1.29 is 37.6 Å². The van der Waals surface area contributed by atoms with Gasteiger partial charge in [0.2, 0.25) is 5.28 Å². The van der Waals surface area contributed by atoms with Crippen molar-refractivity contribution in [1.29, 1.82) is 0 Å². The van der Waals surface area contributed by atoms with Gasteiger partial charge in [0.25, 0.3) is 0 Å². The van der Waals surface area contributed by atoms with E-state index in [0.717, 1.165) is 25.7 Å². The lowest BCUT2D eigenvalue weighted by Gasteiger charge is -2.26. The SMILES string of the molecule is CC(C)OC(=O)[C@@H](C)NP(=O)(COC[C@H]1O[C@@H](n2cnc3c(NC4CCCC4)nc(Cl)nc32)[C@@H]2OC(C)(C)O[C@@H]21)Oc1ccccc1. The molecule has 0 amide bonds. The lowest BCUT2D eigenvalue weighted by Crippen LogP contribution is -2.37. The zero-order valence-corrected chi connectivity index (χ0v) is 28.8. The van der Waals surface area contributed by atoms with Gasteiger partial charge in [-0.1, -0.05) is 31.0 Å². The number of rotatable bonds is 13. The number of benzene rings is 1. The molecule has 256 valence electrons. The quantitative estimate of drug-likeness (QED) is 0.133. The Kier molecular flexibility index (Phi) is 10.1. The van der Waals surface area contributed by atoms with Gasteiger partial charge in [0.05, 0.1) is 19.0 Å². The Bertz CT molecular complexity index is 1600. The van der Waals surface area contributed by atoms with Crippen molar-refractivity contribution in [3.63, 3.8) is 0 Å². The minimum atomic E-state index is -3.78. The number of esters is 1. The molecular weight excluding hydrogens is 651 g/mol. The average Bonchev–Trinajstić information content (AvgIpc) is 3.78. The second-order valence-electron chi connectivity index (χ2n) is 12.8. The second kappa shape index (κ2) is 13.9. The molecule has 1 saturated carbocycles. The van der Waals surface area contributed by atoms with Crippen molar-refractivity contribution in [3.05, 3.63) is 41.9 Å². The van der Waals surface area contributed by atoms with Crippen LogP contribution in [0.4, 0.5) is 5.82 Å². The molecule has 6 rings (SSSR count). The number of fused-ring (bicyclic) bond motifs is 2. The predicted octanol–water partition coefficient (Wildman–Crippen LogP) is 5.43. The summed E-state index contributed by atoms with van der Waals surface area (Å²) in [6.45, 7) is 8.70. The average molecular weight is 693 g/mol. The fraction of sp³-hybridized carbons (Fsp3) is 0.613. The van der Waals surface area contributed by atoms with Gasteiger partial charge in [0, 0.05) is 6.04 Å². The van der Waals surface area contributed by atoms with Crippen LogP contribution < -0.4 is 14.9 Å². The fourth-order valence-corrected chi connectivity index (χ4v) is 8.02. The van der Waals surface area contributed by atoms with Crippen LogP contribution in [0.3, 0.4) is 0 Å². The molecule has 1 aromatic carbocycles. The first-order chi connectivity index (χ1) is 22.4. The van der Waals surface area contributed by atoms with Crippen LogP contribution in [-0.2, 0) is 33.0 Å². The highest BCUT2D eigenvalue weighted by atomic mass is 35.5. The number of aromatic nitrogens is 4. The molecule has 2 aromatic heterocycles. The van der Waals surface area contributed by atoms with E-state index >= 15 is 0 Å². The smallest absolute Gasteiger partial charge is 0.342 e. The summed E-state index contributed by atoms with van der Waals surface area (Å²) in [4.78, 5) is 26.1. The maximum atomic E-state index is 14.1. The van der Waals surface area contributed by atoms with Gasteiger partial charge >= 0.3 is 13.5 Å². The highest BCUT2D eigenvalue weighted by Gasteiger charge is 2.56. The van der Waals surface area contributed by atoms with E-state index in [0.29, 0.717) is 28.8 Å². The summed E-state index contributed by atoms with van der Waals surface area (Å²) < 4.78 is 52.1. The number of nitrogens with one attached hydrogen (secondary N) is 2. The number of ether oxygens (including phenoxy) is 5. The van der Waals surface area contributed by atoms with E-state index in [4.69, 9.17) is 39.8 Å². The van der Waals surface area contributed by atoms with Crippen molar-refractivity contribution in [2.75, 3.05) is 18.3 Å². The Labute approximate surface area is 278 Å². The summed E-state index contributed by atoms with van der Waals surface area (Å²) in [5.41, 5.74) is 1.07. The molecule has 0 spiro atoms. The minimum Gasteiger partial charge on any atom is -0.462 e. The van der Waals surface area contributed by atoms with Crippen LogP contribution in [-0.4, -0.2) is 80.7 Å². The first-order valence-electron chi connectivity index (χ1n) is 16.0. The van der Waals surface area contributed by atoms with Crippen LogP contribution >= 0.6 is 19.1 Å². The highest BCUT2D eigenvalue weighted by molar-refractivity contribution is 7.57. The van der Waals surface area contributed by atoms with Crippen LogP contribution in [0.25, 0.3) is 11.2 Å². The largest absolute Gasteiger partial charge is 0.462 e. The van der Waals surface area contributed by atoms with Crippen molar-refractivity contribution in [2.24, 2.45) is 0 Å². The summed E-state index contributed by atoms with van der Waals surface area (Å²) in [6, 6.07) is 8.06. The first-order valence-corrected chi connectivity index (χ1v) is 18.2. The van der Waals surface area contributed by atoms with Gasteiger partial charge in [-0.2, -0.15) is 9.97 Å². The van der Waals surface area contributed by atoms with E-state index in [-0.39, 0.29) is 24.3 Å². The number of nitrogens with zero attached hydrogens (tertiary/aromatic N) is 4. The number of hydrogen-bond acceptors (Lipinski definition) is 12. The summed E-state index contributed by atoms with van der Waals surface area (Å²) in [6.07, 6.45) is 3.03. The maximum Gasteiger partial charge on any atom is 0.342 e. The Morgan fingerprint density at radius 3 is 2.57 bits per heavy atom. The molecule has 0 radical (unpaired) electrons. The Hall–Kier alpha value is -2.84. The van der Waals surface area contributed by atoms with E-state index in [1.807, 2.05) is 19.9 Å². The molecule has 3 aliphatic rings. The number of anilines is 1. The third-order valence-electron chi connectivity index (χ3n) is 8.12. The molecule has 3 aromatic rings. The first kappa shape index (κ1) is 34.0. The van der Waals surface area contributed by atoms with Gasteiger partial charge < -0.3 is 33.5 Å². The van der Waals surface area contributed by atoms with E-state index in [9.17, 15) is 9.36 Å². The molecule has 1 unspecified atom stereocenters. The van der Waals surface area contributed by atoms with Crippen LogP contribution in [0.15, 0.2) is 36.7 Å². The van der Waals surface area contributed by atoms with Crippen LogP contribution in [0.1, 0.15) is 66.5 Å². The van der Waals surface area contributed by atoms with Crippen molar-refractivity contribution in [3.8, 4) is 5.75 Å². The number of carbonyl (C=O) groups excluding carboxylic acids is 1. The number of carbonyl (C=O) groups is 1. The van der Waals surface area contributed by atoms with Gasteiger partial charge in [-0.3, -0.25) is 13.9 Å². The van der Waals surface area contributed by atoms with Crippen LogP contribution in [0, 0.1) is 0 Å². The highest BCUT2D eigenvalue weighted by Crippen LogP contribution is 2.46. The molecule has 2 saturated heterocycles. The molecule has 2 N–H and O–H groups in total. The topological polar surface area (TPSA) is 157 Å². The number of imidazole rings is 1. The van der Waals surface area contributed by atoms with E-state index in [2.05, 4.69) is 25.4 Å². The van der Waals surface area contributed by atoms with E-state index < -0.39 is 49.9 Å². The summed E-state index contributed by atoms with van der Waals surface area (Å²) in [5.74, 6) is -0.513. The van der Waals surface area contributed by atoms with Crippen LogP contribution in [0.5, 0.6) is 5.75 Å². The number of hydrogen-bond donors (Lipinski definition) is 2. The van der Waals surface area contributed by atoms with Crippen molar-refractivity contribution in [2.45, 2.75) is 109 Å². The van der Waals surface area contributed by atoms with Gasteiger partial charge in [-0.15, -0.1) is 0 Å². The number of para-hydroxylation sites is 1. The van der Waals surface area contributed by atoms with Gasteiger partial charge in [0.1, 0.15) is 36.5 Å². The molecule has 4 heterocycles. The second-order valence-corrected chi connectivity index (χ2v) is 15.2. The third kappa shape index (κ3) is 7.91. The summed E-state index contributed by atoms with van der Waals surface area (Å²) >= 11 is 6.39. The van der Waals surface area contributed by atoms with Gasteiger partial charge in [-0.05, 0) is 71.2 Å². The Morgan fingerprint density at radius 1 is 1.13 bits per heavy atom. The Balaban J connectivity index is 1.19. The summed E-state index contributed by atoms with van der Waals surface area (Å²) in [7, 11) is -3.78. The Morgan fingerprint density at radius 2 is 1.85 bits per heavy atom. The normalized spacial score (nSPS) is 25.9. The fourth-order valence-electron chi connectivity index (χ4n) is 6.17. The van der Waals surface area contributed by atoms with E-state index in [1.165, 1.54) is 0 Å². The molecule has 47 heavy (non-hydrogen) atoms. The number of halogens is 1. The molecule has 6 atom stereocenters. The zero-order valence-electron chi connectivity index (χ0n) is 27.1. The minimum absolute atomic E-state index is 0.0113. The predicted molar refractivity (Wildman–Crippen MR) is 173 cm³/mol. The summed E-state index contributed by atoms with van der Waals surface area (Å²) in [5, 5.41) is 6.38. The third-order valence-corrected chi connectivity index (χ3v) is 10.1. The van der Waals surface area contributed by atoms with Crippen LogP contribution in [0.2, 0.25) is 5.28 Å². The molecule has 2 aliphatic heterocycles. The molecule has 3 fully saturated rings. The molecule has 16 heteroatoms. The van der Waals surface area contributed by atoms with Gasteiger partial charge in [-0.25, -0.2) is 10.1 Å². The molecule has 1 aliphatic carbocycles. The lowest BCUT2D eigenvalue weighted by molar-refractivity contribution is -0.201. The van der Waals surface area contributed by atoms with E-state index in [1.54, 1.807) is 55.9 Å². The van der Waals surface area contributed by atoms with Gasteiger partial charge in [0.15, 0.2) is 29.0 Å². The standard InChI is InChI=1S/C31H42ClN6O8P/c1-18(2)42-29(39)19(3)37-47(40,46-21-13-7-6-8-14-21)17-41-15-22-24-25(45-31(4,5)44-24)28(43-22)38-16-33-23-26(34-20-11-9-10-12-20)35-30(32)36-27(23)38/h6-8,13-14,16,18-20,22,24-25,28H,9-12,15,17H2,1-5H3,(H,37,40)(H,34,35,36)/t19-,22-,24-,25-,28-,47?/m1/s1. The zero-order chi connectivity index (χ0) is 33.3. The molecule has 0 bridgehead atoms. The lowest BCUT2D eigenvalue weighted by atomic mass is 10.1. The molecular formula is C31H42ClN6O8P.